The lowest BCUT2D eigenvalue weighted by atomic mass is 9.98. The summed E-state index contributed by atoms with van der Waals surface area (Å²) < 4.78 is 0. The Labute approximate surface area is 176 Å². The summed E-state index contributed by atoms with van der Waals surface area (Å²) in [5.41, 5.74) is 5.08. The molecule has 30 heavy (non-hydrogen) atoms. The average molecular weight is 403 g/mol. The number of hydrogen-bond donors (Lipinski definition) is 0. The van der Waals surface area contributed by atoms with Crippen molar-refractivity contribution in [2.24, 2.45) is 0 Å². The van der Waals surface area contributed by atoms with Gasteiger partial charge in [-0.15, -0.1) is 0 Å². The summed E-state index contributed by atoms with van der Waals surface area (Å²) in [6.45, 7) is 5.01. The molecular formula is C24H25N3O3. The van der Waals surface area contributed by atoms with Crippen molar-refractivity contribution in [2.75, 3.05) is 13.1 Å². The number of carbonyl (C=O) groups is 3. The van der Waals surface area contributed by atoms with Gasteiger partial charge >= 0.3 is 6.03 Å². The minimum Gasteiger partial charge on any atom is -0.331 e. The molecule has 3 aliphatic rings. The van der Waals surface area contributed by atoms with Crippen LogP contribution in [-0.2, 0) is 11.3 Å². The smallest absolute Gasteiger partial charge is 0.327 e. The Morgan fingerprint density at radius 1 is 0.967 bits per heavy atom. The molecule has 0 aromatic heterocycles. The number of likely N-dealkylation sites (N-methyl/N-ethyl adjacent to an activating group) is 1. The van der Waals surface area contributed by atoms with E-state index in [4.69, 9.17) is 0 Å². The predicted molar refractivity (Wildman–Crippen MR) is 113 cm³/mol. The summed E-state index contributed by atoms with van der Waals surface area (Å²) >= 11 is 0. The second-order valence-corrected chi connectivity index (χ2v) is 8.38. The van der Waals surface area contributed by atoms with Gasteiger partial charge in [-0.2, -0.15) is 0 Å². The van der Waals surface area contributed by atoms with Crippen LogP contribution in [0.25, 0.3) is 11.1 Å². The summed E-state index contributed by atoms with van der Waals surface area (Å²) in [7, 11) is 0. The Bertz CT molecular complexity index is 1040. The second kappa shape index (κ2) is 6.97. The molecule has 2 heterocycles. The van der Waals surface area contributed by atoms with Crippen molar-refractivity contribution < 1.29 is 14.4 Å². The molecule has 5 rings (SSSR count). The highest BCUT2D eigenvalue weighted by Gasteiger charge is 2.39. The lowest BCUT2D eigenvalue weighted by Gasteiger charge is -2.24. The van der Waals surface area contributed by atoms with E-state index in [1.54, 1.807) is 4.90 Å². The van der Waals surface area contributed by atoms with Crippen LogP contribution in [0, 0.1) is 0 Å². The average Bonchev–Trinajstić information content (AvgIpc) is 3.49. The van der Waals surface area contributed by atoms with Gasteiger partial charge in [0.1, 0.15) is 6.54 Å². The van der Waals surface area contributed by atoms with E-state index in [0.29, 0.717) is 19.1 Å². The van der Waals surface area contributed by atoms with Crippen LogP contribution in [0.2, 0.25) is 0 Å². The first-order valence-corrected chi connectivity index (χ1v) is 10.6. The van der Waals surface area contributed by atoms with E-state index in [1.165, 1.54) is 4.90 Å². The van der Waals surface area contributed by atoms with E-state index in [2.05, 4.69) is 6.07 Å². The van der Waals surface area contributed by atoms with Crippen molar-refractivity contribution in [3.63, 3.8) is 0 Å². The third-order valence-electron chi connectivity index (χ3n) is 6.52. The first-order valence-electron chi connectivity index (χ1n) is 10.6. The maximum atomic E-state index is 12.5. The first kappa shape index (κ1) is 18.9. The molecule has 0 spiro atoms. The van der Waals surface area contributed by atoms with Crippen LogP contribution < -0.4 is 0 Å². The van der Waals surface area contributed by atoms with E-state index in [1.807, 2.05) is 55.1 Å². The number of hydrogen-bond acceptors (Lipinski definition) is 3. The molecule has 4 amide bonds. The summed E-state index contributed by atoms with van der Waals surface area (Å²) in [6, 6.07) is 14.2. The molecule has 1 saturated heterocycles. The lowest BCUT2D eigenvalue weighted by Crippen LogP contribution is -2.34. The number of imide groups is 1. The fourth-order valence-corrected chi connectivity index (χ4v) is 4.51. The van der Waals surface area contributed by atoms with Gasteiger partial charge in [0.25, 0.3) is 5.91 Å². The van der Waals surface area contributed by atoms with E-state index in [0.717, 1.165) is 40.7 Å². The Morgan fingerprint density at radius 2 is 1.67 bits per heavy atom. The zero-order valence-electron chi connectivity index (χ0n) is 17.3. The van der Waals surface area contributed by atoms with Gasteiger partial charge in [0, 0.05) is 24.7 Å². The van der Waals surface area contributed by atoms with Crippen LogP contribution in [0.4, 0.5) is 4.79 Å². The fraction of sp³-hybridized carbons (Fsp3) is 0.375. The highest BCUT2D eigenvalue weighted by Crippen LogP contribution is 2.36. The summed E-state index contributed by atoms with van der Waals surface area (Å²) in [5.74, 6) is 0.0214. The molecule has 2 aliphatic heterocycles. The molecular weight excluding hydrogens is 378 g/mol. The van der Waals surface area contributed by atoms with E-state index < -0.39 is 0 Å². The van der Waals surface area contributed by atoms with E-state index in [-0.39, 0.29) is 30.4 Å². The molecule has 2 aromatic carbocycles. The molecule has 0 radical (unpaired) electrons. The zero-order valence-corrected chi connectivity index (χ0v) is 17.3. The van der Waals surface area contributed by atoms with Gasteiger partial charge in [-0.3, -0.25) is 14.5 Å². The van der Waals surface area contributed by atoms with Gasteiger partial charge in [0.05, 0.1) is 6.04 Å². The molecule has 6 nitrogen and oxygen atoms in total. The normalized spacial score (nSPS) is 19.7. The molecule has 6 heteroatoms. The molecule has 2 fully saturated rings. The van der Waals surface area contributed by atoms with Gasteiger partial charge in [-0.25, -0.2) is 4.79 Å². The monoisotopic (exact) mass is 403 g/mol. The van der Waals surface area contributed by atoms with Crippen LogP contribution in [0.3, 0.4) is 0 Å². The van der Waals surface area contributed by atoms with Crippen LogP contribution >= 0.6 is 0 Å². The Kier molecular flexibility index (Phi) is 4.38. The molecule has 154 valence electrons. The molecule has 2 aromatic rings. The van der Waals surface area contributed by atoms with Crippen molar-refractivity contribution in [3.05, 3.63) is 59.2 Å². The minimum atomic E-state index is -0.220. The van der Waals surface area contributed by atoms with Crippen molar-refractivity contribution in [2.45, 2.75) is 45.3 Å². The summed E-state index contributed by atoms with van der Waals surface area (Å²) in [5, 5.41) is 0. The topological polar surface area (TPSA) is 60.9 Å². The van der Waals surface area contributed by atoms with Gasteiger partial charge in [0.2, 0.25) is 5.91 Å². The van der Waals surface area contributed by atoms with Gasteiger partial charge in [-0.05, 0) is 61.1 Å². The van der Waals surface area contributed by atoms with Crippen molar-refractivity contribution in [1.82, 2.24) is 14.7 Å². The number of amides is 4. The maximum Gasteiger partial charge on any atom is 0.327 e. The van der Waals surface area contributed by atoms with E-state index >= 15 is 0 Å². The highest BCUT2D eigenvalue weighted by molar-refractivity contribution is 6.02. The van der Waals surface area contributed by atoms with Crippen molar-refractivity contribution >= 4 is 17.8 Å². The first-order chi connectivity index (χ1) is 14.5. The third-order valence-corrected chi connectivity index (χ3v) is 6.52. The predicted octanol–water partition coefficient (Wildman–Crippen LogP) is 3.82. The molecule has 1 saturated carbocycles. The fourth-order valence-electron chi connectivity index (χ4n) is 4.51. The molecule has 0 bridgehead atoms. The quantitative estimate of drug-likeness (QED) is 0.713. The maximum absolute atomic E-state index is 12.5. The molecule has 0 N–H and O–H groups in total. The Hall–Kier alpha value is -3.15. The largest absolute Gasteiger partial charge is 0.331 e. The van der Waals surface area contributed by atoms with Gasteiger partial charge < -0.3 is 9.80 Å². The van der Waals surface area contributed by atoms with Crippen molar-refractivity contribution in [3.8, 4) is 11.1 Å². The summed E-state index contributed by atoms with van der Waals surface area (Å²) in [6.07, 6.45) is 2.24. The molecule has 1 atom stereocenters. The second-order valence-electron chi connectivity index (χ2n) is 8.38. The zero-order chi connectivity index (χ0) is 21.0. The number of rotatable bonds is 5. The molecule has 1 unspecified atom stereocenters. The Morgan fingerprint density at radius 3 is 2.30 bits per heavy atom. The number of fused-ring (bicyclic) bond motifs is 1. The van der Waals surface area contributed by atoms with Crippen LogP contribution in [0.1, 0.15) is 54.2 Å². The highest BCUT2D eigenvalue weighted by atomic mass is 16.2. The Balaban J connectivity index is 1.35. The standard InChI is InChI=1S/C24H25N3O3/c1-3-25-22(28)14-26(24(25)30)15(2)16-4-6-17(7-5-16)18-8-11-21-19(12-18)13-27(23(21)29)20-9-10-20/h4-8,11-12,15,20H,3,9-10,13-14H2,1-2H3. The number of nitrogens with zero attached hydrogens (tertiary/aromatic N) is 3. The minimum absolute atomic E-state index is 0.131. The SMILES string of the molecule is CCN1C(=O)CN(C(C)c2ccc(-c3ccc4c(c3)CN(C3CC3)C4=O)cc2)C1=O. The number of benzene rings is 2. The number of urea groups is 1. The summed E-state index contributed by atoms with van der Waals surface area (Å²) in [4.78, 5) is 41.9. The van der Waals surface area contributed by atoms with Crippen LogP contribution in [-0.4, -0.2) is 51.7 Å². The number of carbonyl (C=O) groups excluding carboxylic acids is 3. The molecule has 1 aliphatic carbocycles. The van der Waals surface area contributed by atoms with Crippen LogP contribution in [0.5, 0.6) is 0 Å². The third kappa shape index (κ3) is 2.98. The lowest BCUT2D eigenvalue weighted by molar-refractivity contribution is -0.125. The van der Waals surface area contributed by atoms with Gasteiger partial charge in [-0.1, -0.05) is 30.3 Å². The van der Waals surface area contributed by atoms with Crippen LogP contribution in [0.15, 0.2) is 42.5 Å². The van der Waals surface area contributed by atoms with E-state index in [9.17, 15) is 14.4 Å². The van der Waals surface area contributed by atoms with Gasteiger partial charge in [0.15, 0.2) is 0 Å². The van der Waals surface area contributed by atoms with Crippen molar-refractivity contribution in [1.29, 1.82) is 0 Å².